The summed E-state index contributed by atoms with van der Waals surface area (Å²) >= 11 is 0. The summed E-state index contributed by atoms with van der Waals surface area (Å²) in [5.74, 6) is -2.22. The summed E-state index contributed by atoms with van der Waals surface area (Å²) in [6.45, 7) is 15.5. The first-order valence-corrected chi connectivity index (χ1v) is 11.8. The lowest BCUT2D eigenvalue weighted by Crippen LogP contribution is -2.52. The molecule has 0 bridgehead atoms. The van der Waals surface area contributed by atoms with Crippen molar-refractivity contribution in [3.63, 3.8) is 0 Å². The Morgan fingerprint density at radius 2 is 1.64 bits per heavy atom. The van der Waals surface area contributed by atoms with Gasteiger partial charge in [-0.2, -0.15) is 0 Å². The number of aryl methyl sites for hydroxylation is 1. The number of ether oxygens (including phenoxy) is 1. The zero-order chi connectivity index (χ0) is 27.7. The summed E-state index contributed by atoms with van der Waals surface area (Å²) in [4.78, 5) is 39.0. The van der Waals surface area contributed by atoms with E-state index in [1.165, 1.54) is 18.2 Å². The van der Waals surface area contributed by atoms with Crippen LogP contribution in [-0.2, 0) is 21.4 Å². The molecule has 1 aromatic heterocycles. The number of nitrogens with one attached hydrogen (secondary N) is 2. The van der Waals surface area contributed by atoms with Gasteiger partial charge < -0.3 is 25.0 Å². The van der Waals surface area contributed by atoms with Crippen molar-refractivity contribution in [1.82, 2.24) is 9.88 Å². The molecule has 2 aromatic rings. The number of carbonyl (C=O) groups excluding carboxylic acids is 3. The van der Waals surface area contributed by atoms with E-state index in [2.05, 4.69) is 10.6 Å². The smallest absolute Gasteiger partial charge is 0.329 e. The van der Waals surface area contributed by atoms with E-state index < -0.39 is 40.9 Å². The van der Waals surface area contributed by atoms with Crippen molar-refractivity contribution >= 4 is 23.5 Å². The van der Waals surface area contributed by atoms with E-state index in [0.717, 1.165) is 0 Å². The van der Waals surface area contributed by atoms with E-state index in [-0.39, 0.29) is 11.5 Å². The van der Waals surface area contributed by atoms with Crippen LogP contribution in [-0.4, -0.2) is 39.1 Å². The van der Waals surface area contributed by atoms with Crippen LogP contribution < -0.4 is 10.6 Å². The van der Waals surface area contributed by atoms with Crippen molar-refractivity contribution in [1.29, 1.82) is 0 Å². The molecular formula is C27H38FN3O5. The van der Waals surface area contributed by atoms with Crippen LogP contribution in [0.1, 0.15) is 80.5 Å². The van der Waals surface area contributed by atoms with Gasteiger partial charge in [0.2, 0.25) is 0 Å². The molecule has 0 saturated heterocycles. The van der Waals surface area contributed by atoms with Crippen LogP contribution in [0.3, 0.4) is 0 Å². The number of anilines is 1. The minimum atomic E-state index is -1.64. The fourth-order valence-corrected chi connectivity index (χ4v) is 3.97. The van der Waals surface area contributed by atoms with Crippen LogP contribution in [0.5, 0.6) is 0 Å². The lowest BCUT2D eigenvalue weighted by Gasteiger charge is -2.33. The van der Waals surface area contributed by atoms with Crippen molar-refractivity contribution in [3.8, 4) is 0 Å². The quantitative estimate of drug-likeness (QED) is 0.511. The standard InChI is InChI=1S/C27H38FN3O5/c1-14-13-17(11-12-18(14)28)29-23(33)19-15(2)20(31(10)16(19)3)21(32)24(34)30-22(26(4,5)6)25(35)36-27(7,8)9/h11-13,21-22,32H,1-10H3,(H,29,33)(H,30,34)/t21?,22-/m1/s1. The molecule has 9 heteroatoms. The van der Waals surface area contributed by atoms with Crippen LogP contribution in [0.25, 0.3) is 0 Å². The summed E-state index contributed by atoms with van der Waals surface area (Å²) in [7, 11) is 1.64. The minimum Gasteiger partial charge on any atom is -0.458 e. The van der Waals surface area contributed by atoms with Crippen molar-refractivity contribution in [2.45, 2.75) is 80.1 Å². The lowest BCUT2D eigenvalue weighted by molar-refractivity contribution is -0.162. The Bertz CT molecular complexity index is 1170. The molecule has 8 nitrogen and oxygen atoms in total. The van der Waals surface area contributed by atoms with Crippen LogP contribution in [0.15, 0.2) is 18.2 Å². The van der Waals surface area contributed by atoms with Gasteiger partial charge in [0.05, 0.1) is 11.3 Å². The highest BCUT2D eigenvalue weighted by molar-refractivity contribution is 6.06. The Kier molecular flexibility index (Phi) is 8.41. The highest BCUT2D eigenvalue weighted by Gasteiger charge is 2.38. The van der Waals surface area contributed by atoms with Crippen LogP contribution in [0.4, 0.5) is 10.1 Å². The molecule has 0 aliphatic rings. The first-order chi connectivity index (χ1) is 16.3. The normalized spacial score (nSPS) is 13.7. The molecule has 0 aliphatic heterocycles. The number of benzene rings is 1. The van der Waals surface area contributed by atoms with Crippen LogP contribution in [0, 0.1) is 32.0 Å². The molecule has 1 heterocycles. The predicted octanol–water partition coefficient (Wildman–Crippen LogP) is 4.25. The maximum atomic E-state index is 13.6. The summed E-state index contributed by atoms with van der Waals surface area (Å²) in [6, 6.07) is 3.24. The average molecular weight is 504 g/mol. The van der Waals surface area contributed by atoms with Gasteiger partial charge in [-0.3, -0.25) is 9.59 Å². The van der Waals surface area contributed by atoms with Gasteiger partial charge in [-0.25, -0.2) is 9.18 Å². The zero-order valence-corrected chi connectivity index (χ0v) is 22.8. The second-order valence-corrected chi connectivity index (χ2v) is 11.2. The third kappa shape index (κ3) is 6.51. The van der Waals surface area contributed by atoms with E-state index in [1.807, 2.05) is 0 Å². The molecule has 1 unspecified atom stereocenters. The van der Waals surface area contributed by atoms with Gasteiger partial charge in [-0.15, -0.1) is 0 Å². The maximum Gasteiger partial charge on any atom is 0.329 e. The largest absolute Gasteiger partial charge is 0.458 e. The predicted molar refractivity (Wildman–Crippen MR) is 136 cm³/mol. The molecule has 36 heavy (non-hydrogen) atoms. The molecule has 2 amide bonds. The lowest BCUT2D eigenvalue weighted by atomic mass is 9.86. The molecule has 0 spiro atoms. The van der Waals surface area contributed by atoms with Gasteiger partial charge in [0, 0.05) is 18.4 Å². The van der Waals surface area contributed by atoms with Crippen molar-refractivity contribution in [3.05, 3.63) is 52.1 Å². The zero-order valence-electron chi connectivity index (χ0n) is 22.8. The molecule has 1 aromatic carbocycles. The molecule has 198 valence electrons. The van der Waals surface area contributed by atoms with Gasteiger partial charge in [0.1, 0.15) is 17.5 Å². The number of hydrogen-bond acceptors (Lipinski definition) is 5. The number of amides is 2. The Hall–Kier alpha value is -3.20. The monoisotopic (exact) mass is 503 g/mol. The number of aliphatic hydroxyl groups is 1. The second kappa shape index (κ2) is 10.4. The first-order valence-electron chi connectivity index (χ1n) is 11.8. The Balaban J connectivity index is 2.34. The van der Waals surface area contributed by atoms with Gasteiger partial charge >= 0.3 is 5.97 Å². The molecule has 0 radical (unpaired) electrons. The number of nitrogens with zero attached hydrogens (tertiary/aromatic N) is 1. The summed E-state index contributed by atoms with van der Waals surface area (Å²) < 4.78 is 20.6. The van der Waals surface area contributed by atoms with Gasteiger partial charge in [0.25, 0.3) is 11.8 Å². The molecule has 0 fully saturated rings. The fraction of sp³-hybridized carbons (Fsp3) is 0.519. The molecule has 2 rings (SSSR count). The van der Waals surface area contributed by atoms with Gasteiger partial charge in [-0.1, -0.05) is 20.8 Å². The molecule has 2 atom stereocenters. The molecule has 3 N–H and O–H groups in total. The third-order valence-corrected chi connectivity index (χ3v) is 5.93. The third-order valence-electron chi connectivity index (χ3n) is 5.93. The summed E-state index contributed by atoms with van der Waals surface area (Å²) in [5, 5.41) is 16.4. The topological polar surface area (TPSA) is 110 Å². The Morgan fingerprint density at radius 3 is 2.14 bits per heavy atom. The van der Waals surface area contributed by atoms with Crippen molar-refractivity contribution in [2.75, 3.05) is 5.32 Å². The second-order valence-electron chi connectivity index (χ2n) is 11.2. The fourth-order valence-electron chi connectivity index (χ4n) is 3.97. The van der Waals surface area contributed by atoms with Gasteiger partial charge in [0.15, 0.2) is 6.10 Å². The van der Waals surface area contributed by atoms with Crippen molar-refractivity contribution in [2.24, 2.45) is 12.5 Å². The number of carbonyl (C=O) groups is 3. The van der Waals surface area contributed by atoms with E-state index in [9.17, 15) is 23.9 Å². The number of esters is 1. The van der Waals surface area contributed by atoms with Crippen molar-refractivity contribution < 1.29 is 28.6 Å². The highest BCUT2D eigenvalue weighted by Crippen LogP contribution is 2.29. The first kappa shape index (κ1) is 29.0. The van der Waals surface area contributed by atoms with E-state index in [4.69, 9.17) is 4.74 Å². The van der Waals surface area contributed by atoms with Crippen LogP contribution in [0.2, 0.25) is 0 Å². The molecular weight excluding hydrogens is 465 g/mol. The number of hydrogen-bond donors (Lipinski definition) is 3. The Morgan fingerprint density at radius 1 is 1.06 bits per heavy atom. The Labute approximate surface area is 212 Å². The minimum absolute atomic E-state index is 0.224. The van der Waals surface area contributed by atoms with E-state index in [1.54, 1.807) is 73.9 Å². The number of halogens is 1. The van der Waals surface area contributed by atoms with E-state index in [0.29, 0.717) is 28.1 Å². The summed E-state index contributed by atoms with van der Waals surface area (Å²) in [6.07, 6.45) is -1.64. The molecule has 0 saturated carbocycles. The summed E-state index contributed by atoms with van der Waals surface area (Å²) in [5.41, 5.74) is 0.843. The highest BCUT2D eigenvalue weighted by atomic mass is 19.1. The van der Waals surface area contributed by atoms with E-state index >= 15 is 0 Å². The maximum absolute atomic E-state index is 13.6. The molecule has 0 aliphatic carbocycles. The van der Waals surface area contributed by atoms with Crippen LogP contribution >= 0.6 is 0 Å². The number of rotatable bonds is 6. The number of aromatic nitrogens is 1. The SMILES string of the molecule is Cc1cc(NC(=O)c2c(C)c(C(O)C(=O)N[C@H](C(=O)OC(C)(C)C)C(C)(C)C)n(C)c2C)ccc1F. The average Bonchev–Trinajstić information content (AvgIpc) is 2.94. The number of aliphatic hydroxyl groups excluding tert-OH is 1. The van der Waals surface area contributed by atoms with Gasteiger partial charge in [-0.05, 0) is 76.3 Å².